The van der Waals surface area contributed by atoms with Crippen LogP contribution in [-0.4, -0.2) is 17.5 Å². The molecule has 2 aromatic rings. The fourth-order valence-electron chi connectivity index (χ4n) is 2.20. The fraction of sp³-hybridized carbons (Fsp3) is 0.333. The summed E-state index contributed by atoms with van der Waals surface area (Å²) in [5.74, 6) is -0.620. The summed E-state index contributed by atoms with van der Waals surface area (Å²) < 4.78 is 56.3. The summed E-state index contributed by atoms with van der Waals surface area (Å²) in [5.41, 5.74) is -0.999. The van der Waals surface area contributed by atoms with Crippen molar-refractivity contribution in [3.63, 3.8) is 0 Å². The molecule has 0 aliphatic carbocycles. The molecule has 26 heavy (non-hydrogen) atoms. The van der Waals surface area contributed by atoms with Crippen LogP contribution in [0.1, 0.15) is 31.4 Å². The number of alkyl halides is 3. The number of para-hydroxylation sites is 1. The van der Waals surface area contributed by atoms with Gasteiger partial charge in [-0.05, 0) is 43.5 Å². The Morgan fingerprint density at radius 2 is 1.88 bits per heavy atom. The molecule has 1 N–H and O–H groups in total. The van der Waals surface area contributed by atoms with Gasteiger partial charge in [-0.1, -0.05) is 12.1 Å². The Morgan fingerprint density at radius 3 is 2.62 bits per heavy atom. The lowest BCUT2D eigenvalue weighted by molar-refractivity contribution is -0.141. The highest BCUT2D eigenvalue weighted by Gasteiger charge is 2.32. The molecule has 1 heterocycles. The molecule has 2 rings (SSSR count). The minimum Gasteiger partial charge on any atom is -0.491 e. The maximum atomic E-state index is 13.3. The first-order valence-electron chi connectivity index (χ1n) is 8.06. The zero-order valence-electron chi connectivity index (χ0n) is 13.9. The molecule has 1 aromatic carbocycles. The molecular weight excluding hydrogens is 352 g/mol. The zero-order chi connectivity index (χ0) is 19.0. The van der Waals surface area contributed by atoms with Crippen molar-refractivity contribution in [1.29, 1.82) is 0 Å². The Hall–Kier alpha value is -2.64. The quantitative estimate of drug-likeness (QED) is 0.536. The van der Waals surface area contributed by atoms with Gasteiger partial charge in [-0.25, -0.2) is 4.39 Å². The second-order valence-electron chi connectivity index (χ2n) is 5.57. The Labute approximate surface area is 148 Å². The van der Waals surface area contributed by atoms with E-state index >= 15 is 0 Å². The number of hydrogen-bond acceptors (Lipinski definition) is 3. The van der Waals surface area contributed by atoms with Crippen LogP contribution in [0.15, 0.2) is 42.6 Å². The topological polar surface area (TPSA) is 51.2 Å². The molecule has 8 heteroatoms. The van der Waals surface area contributed by atoms with Crippen molar-refractivity contribution in [2.24, 2.45) is 0 Å². The number of nitrogens with one attached hydrogen (secondary N) is 1. The molecule has 0 spiro atoms. The largest absolute Gasteiger partial charge is 0.491 e. The highest BCUT2D eigenvalue weighted by Crippen LogP contribution is 2.28. The zero-order valence-corrected chi connectivity index (χ0v) is 13.9. The van der Waals surface area contributed by atoms with E-state index in [0.29, 0.717) is 25.9 Å². The van der Waals surface area contributed by atoms with E-state index in [4.69, 9.17) is 4.74 Å². The third kappa shape index (κ3) is 6.34. The van der Waals surface area contributed by atoms with Crippen molar-refractivity contribution >= 4 is 11.6 Å². The lowest BCUT2D eigenvalue weighted by atomic mass is 10.2. The van der Waals surface area contributed by atoms with Gasteiger partial charge in [-0.15, -0.1) is 0 Å². The summed E-state index contributed by atoms with van der Waals surface area (Å²) in [6, 6.07) is 8.18. The monoisotopic (exact) mass is 370 g/mol. The first-order valence-corrected chi connectivity index (χ1v) is 8.06. The van der Waals surface area contributed by atoms with Gasteiger partial charge in [-0.3, -0.25) is 9.78 Å². The summed E-state index contributed by atoms with van der Waals surface area (Å²) in [6.07, 6.45) is -1.54. The number of amides is 1. The third-order valence-electron chi connectivity index (χ3n) is 3.48. The summed E-state index contributed by atoms with van der Waals surface area (Å²) in [6.45, 7) is 0.321. The second kappa shape index (κ2) is 9.17. The molecule has 4 nitrogen and oxygen atoms in total. The molecule has 0 aliphatic rings. The first-order chi connectivity index (χ1) is 12.4. The Morgan fingerprint density at radius 1 is 1.12 bits per heavy atom. The highest BCUT2D eigenvalue weighted by molar-refractivity contribution is 5.90. The van der Waals surface area contributed by atoms with Crippen molar-refractivity contribution in [3.8, 4) is 5.75 Å². The first kappa shape index (κ1) is 19.7. The van der Waals surface area contributed by atoms with Crippen molar-refractivity contribution in [2.75, 3.05) is 11.9 Å². The van der Waals surface area contributed by atoms with E-state index in [-0.39, 0.29) is 23.8 Å². The molecule has 0 saturated carbocycles. The fourth-order valence-corrected chi connectivity index (χ4v) is 2.20. The normalized spacial score (nSPS) is 11.2. The number of benzene rings is 1. The summed E-state index contributed by atoms with van der Waals surface area (Å²) in [5, 5.41) is 2.42. The molecule has 0 unspecified atom stereocenters. The standard InChI is InChI=1S/C18H18F4N2O2/c19-14-6-3-4-7-15(14)26-11-5-1-2-8-17(25)24-13-9-10-23-16(12-13)18(20,21)22/h3-4,6-7,9-10,12H,1-2,5,8,11H2,(H,23,24,25). The van der Waals surface area contributed by atoms with Crippen LogP contribution in [0, 0.1) is 5.82 Å². The van der Waals surface area contributed by atoms with E-state index in [1.165, 1.54) is 18.2 Å². The number of halogens is 4. The van der Waals surface area contributed by atoms with Gasteiger partial charge in [0, 0.05) is 18.3 Å². The maximum absolute atomic E-state index is 13.3. The number of ether oxygens (including phenoxy) is 1. The summed E-state index contributed by atoms with van der Waals surface area (Å²) >= 11 is 0. The predicted molar refractivity (Wildman–Crippen MR) is 88.2 cm³/mol. The van der Waals surface area contributed by atoms with Gasteiger partial charge in [0.15, 0.2) is 11.6 Å². The van der Waals surface area contributed by atoms with Crippen LogP contribution in [0.4, 0.5) is 23.2 Å². The van der Waals surface area contributed by atoms with E-state index in [2.05, 4.69) is 10.3 Å². The number of unbranched alkanes of at least 4 members (excludes halogenated alkanes) is 2. The van der Waals surface area contributed by atoms with Crippen LogP contribution in [0.3, 0.4) is 0 Å². The number of hydrogen-bond donors (Lipinski definition) is 1. The Balaban J connectivity index is 1.66. The van der Waals surface area contributed by atoms with Crippen LogP contribution in [0.5, 0.6) is 5.75 Å². The molecule has 1 aromatic heterocycles. The number of carbonyl (C=O) groups excluding carboxylic acids is 1. The van der Waals surface area contributed by atoms with E-state index in [0.717, 1.165) is 12.3 Å². The molecule has 0 aliphatic heterocycles. The highest BCUT2D eigenvalue weighted by atomic mass is 19.4. The van der Waals surface area contributed by atoms with Crippen LogP contribution < -0.4 is 10.1 Å². The molecular formula is C18H18F4N2O2. The number of rotatable bonds is 8. The Bertz CT molecular complexity index is 735. The number of carbonyl (C=O) groups is 1. The predicted octanol–water partition coefficient (Wildman–Crippen LogP) is 4.82. The van der Waals surface area contributed by atoms with E-state index < -0.39 is 17.7 Å². The van der Waals surface area contributed by atoms with Gasteiger partial charge < -0.3 is 10.1 Å². The van der Waals surface area contributed by atoms with Gasteiger partial charge in [0.05, 0.1) is 6.61 Å². The van der Waals surface area contributed by atoms with E-state index in [1.54, 1.807) is 12.1 Å². The average molecular weight is 370 g/mol. The smallest absolute Gasteiger partial charge is 0.433 e. The molecule has 140 valence electrons. The van der Waals surface area contributed by atoms with Crippen molar-refractivity contribution in [3.05, 3.63) is 54.1 Å². The Kier molecular flexibility index (Phi) is 6.94. The average Bonchev–Trinajstić information content (AvgIpc) is 2.59. The van der Waals surface area contributed by atoms with Gasteiger partial charge in [0.2, 0.25) is 5.91 Å². The number of anilines is 1. The summed E-state index contributed by atoms with van der Waals surface area (Å²) in [4.78, 5) is 15.0. The third-order valence-corrected chi connectivity index (χ3v) is 3.48. The van der Waals surface area contributed by atoms with Crippen LogP contribution in [0.25, 0.3) is 0 Å². The van der Waals surface area contributed by atoms with Gasteiger partial charge in [0.1, 0.15) is 5.69 Å². The molecule has 0 radical (unpaired) electrons. The molecule has 0 saturated heterocycles. The van der Waals surface area contributed by atoms with Crippen LogP contribution >= 0.6 is 0 Å². The van der Waals surface area contributed by atoms with E-state index in [1.807, 2.05) is 0 Å². The van der Waals surface area contributed by atoms with Gasteiger partial charge in [-0.2, -0.15) is 13.2 Å². The minimum absolute atomic E-state index is 0.0558. The van der Waals surface area contributed by atoms with Gasteiger partial charge in [0.25, 0.3) is 0 Å². The minimum atomic E-state index is -4.56. The van der Waals surface area contributed by atoms with Crippen LogP contribution in [0.2, 0.25) is 0 Å². The molecule has 1 amide bonds. The lowest BCUT2D eigenvalue weighted by Gasteiger charge is -2.09. The van der Waals surface area contributed by atoms with Crippen molar-refractivity contribution < 1.29 is 27.1 Å². The molecule has 0 bridgehead atoms. The molecule has 0 fully saturated rings. The molecule has 0 atom stereocenters. The maximum Gasteiger partial charge on any atom is 0.433 e. The second-order valence-corrected chi connectivity index (χ2v) is 5.57. The van der Waals surface area contributed by atoms with E-state index in [9.17, 15) is 22.4 Å². The summed E-state index contributed by atoms with van der Waals surface area (Å²) in [7, 11) is 0. The van der Waals surface area contributed by atoms with Crippen molar-refractivity contribution in [2.45, 2.75) is 31.9 Å². The van der Waals surface area contributed by atoms with Gasteiger partial charge >= 0.3 is 6.18 Å². The SMILES string of the molecule is O=C(CCCCCOc1ccccc1F)Nc1ccnc(C(F)(F)F)c1. The number of aromatic nitrogens is 1. The number of pyridine rings is 1. The van der Waals surface area contributed by atoms with Crippen molar-refractivity contribution in [1.82, 2.24) is 4.98 Å². The lowest BCUT2D eigenvalue weighted by Crippen LogP contribution is -2.13. The van der Waals surface area contributed by atoms with Crippen LogP contribution in [-0.2, 0) is 11.0 Å². The number of nitrogens with zero attached hydrogens (tertiary/aromatic N) is 1.